The number of hydrogen-bond donors (Lipinski definition) is 2. The van der Waals surface area contributed by atoms with Crippen molar-refractivity contribution < 1.29 is 38.8 Å². The fourth-order valence-electron chi connectivity index (χ4n) is 6.37. The molecule has 0 amide bonds. The molecule has 0 saturated heterocycles. The van der Waals surface area contributed by atoms with Gasteiger partial charge in [0.1, 0.15) is 19.3 Å². The average Bonchev–Trinajstić information content (AvgIpc) is 2.74. The minimum absolute atomic E-state index is 0.0264. The highest BCUT2D eigenvalue weighted by Crippen LogP contribution is 2.64. The van der Waals surface area contributed by atoms with E-state index in [9.17, 15) is 24.6 Å². The van der Waals surface area contributed by atoms with Crippen LogP contribution < -0.4 is 0 Å². The molecule has 2 rings (SSSR count). The molecule has 0 aromatic heterocycles. The standard InChI is InChI=1S/C26H42O8/c1-17-9-12-25(6)23(8-7-11-26(25,31)16-27)24(17,5)14-22(34-20(4)30)21(15-33-19(3)29)10-13-32-18(2)28/h10,17,22-23,27,31H,7-9,11-16H2,1-6H3/b21-10+/t17-,22?,23-,24+,25-,26?/m1/s1. The van der Waals surface area contributed by atoms with Crippen LogP contribution >= 0.6 is 0 Å². The molecule has 6 atom stereocenters. The third kappa shape index (κ3) is 6.00. The molecule has 8 heteroatoms. The van der Waals surface area contributed by atoms with E-state index in [1.807, 2.05) is 0 Å². The number of carbonyl (C=O) groups excluding carboxylic acids is 3. The van der Waals surface area contributed by atoms with Crippen molar-refractivity contribution in [3.05, 3.63) is 11.6 Å². The summed E-state index contributed by atoms with van der Waals surface area (Å²) in [6.07, 6.45) is 5.37. The molecule has 0 spiro atoms. The van der Waals surface area contributed by atoms with Crippen molar-refractivity contribution in [3.8, 4) is 0 Å². The Bertz CT molecular complexity index is 792. The molecule has 0 heterocycles. The first-order chi connectivity index (χ1) is 15.8. The Morgan fingerprint density at radius 2 is 1.68 bits per heavy atom. The maximum absolute atomic E-state index is 12.1. The minimum Gasteiger partial charge on any atom is -0.462 e. The first-order valence-electron chi connectivity index (χ1n) is 12.2. The summed E-state index contributed by atoms with van der Waals surface area (Å²) in [7, 11) is 0. The number of hydrogen-bond acceptors (Lipinski definition) is 8. The van der Waals surface area contributed by atoms with Crippen molar-refractivity contribution in [1.82, 2.24) is 0 Å². The molecule has 8 nitrogen and oxygen atoms in total. The van der Waals surface area contributed by atoms with Gasteiger partial charge in [0, 0.05) is 31.8 Å². The molecule has 2 fully saturated rings. The number of fused-ring (bicyclic) bond motifs is 1. The summed E-state index contributed by atoms with van der Waals surface area (Å²) in [5.74, 6) is -1.01. The molecule has 194 valence electrons. The van der Waals surface area contributed by atoms with Gasteiger partial charge in [-0.25, -0.2) is 0 Å². The molecule has 34 heavy (non-hydrogen) atoms. The van der Waals surface area contributed by atoms with Crippen molar-refractivity contribution in [2.45, 2.75) is 91.8 Å². The zero-order valence-corrected chi connectivity index (χ0v) is 21.5. The number of carbonyl (C=O) groups is 3. The molecule has 0 aliphatic heterocycles. The lowest BCUT2D eigenvalue weighted by molar-refractivity contribution is -0.218. The van der Waals surface area contributed by atoms with Gasteiger partial charge in [0.15, 0.2) is 0 Å². The minimum atomic E-state index is -1.15. The lowest BCUT2D eigenvalue weighted by Gasteiger charge is -2.63. The molecule has 0 aromatic carbocycles. The lowest BCUT2D eigenvalue weighted by atomic mass is 9.43. The van der Waals surface area contributed by atoms with Gasteiger partial charge >= 0.3 is 17.9 Å². The van der Waals surface area contributed by atoms with E-state index in [1.54, 1.807) is 6.08 Å². The van der Waals surface area contributed by atoms with E-state index < -0.39 is 35.0 Å². The van der Waals surface area contributed by atoms with Crippen LogP contribution in [0.5, 0.6) is 0 Å². The zero-order valence-electron chi connectivity index (χ0n) is 21.5. The molecule has 2 unspecified atom stereocenters. The molecule has 2 aliphatic carbocycles. The fourth-order valence-corrected chi connectivity index (χ4v) is 6.37. The molecular weight excluding hydrogens is 440 g/mol. The van der Waals surface area contributed by atoms with Crippen molar-refractivity contribution >= 4 is 17.9 Å². The van der Waals surface area contributed by atoms with Crippen LogP contribution in [0, 0.1) is 22.7 Å². The number of aliphatic hydroxyl groups excluding tert-OH is 1. The summed E-state index contributed by atoms with van der Waals surface area (Å²) >= 11 is 0. The maximum Gasteiger partial charge on any atom is 0.303 e. The van der Waals surface area contributed by atoms with Gasteiger partial charge in [0.05, 0.1) is 12.2 Å². The summed E-state index contributed by atoms with van der Waals surface area (Å²) in [5, 5.41) is 21.5. The predicted molar refractivity (Wildman–Crippen MR) is 126 cm³/mol. The van der Waals surface area contributed by atoms with Crippen LogP contribution in [0.1, 0.15) is 80.1 Å². The van der Waals surface area contributed by atoms with Crippen LogP contribution in [0.3, 0.4) is 0 Å². The summed E-state index contributed by atoms with van der Waals surface area (Å²) in [5.41, 5.74) is -1.40. The molecule has 0 bridgehead atoms. The van der Waals surface area contributed by atoms with Gasteiger partial charge < -0.3 is 24.4 Å². The van der Waals surface area contributed by atoms with Gasteiger partial charge in [-0.3, -0.25) is 14.4 Å². The highest BCUT2D eigenvalue weighted by atomic mass is 16.6. The van der Waals surface area contributed by atoms with Crippen LogP contribution in [-0.2, 0) is 28.6 Å². The highest BCUT2D eigenvalue weighted by molar-refractivity contribution is 5.67. The average molecular weight is 483 g/mol. The second-order valence-corrected chi connectivity index (χ2v) is 10.7. The van der Waals surface area contributed by atoms with Gasteiger partial charge in [-0.15, -0.1) is 0 Å². The van der Waals surface area contributed by atoms with Crippen molar-refractivity contribution in [2.24, 2.45) is 22.7 Å². The molecule has 2 aliphatic rings. The summed E-state index contributed by atoms with van der Waals surface area (Å²) in [4.78, 5) is 34.9. The van der Waals surface area contributed by atoms with Gasteiger partial charge in [-0.05, 0) is 55.4 Å². The SMILES string of the molecule is CC(=O)OC/C=C(\COC(C)=O)C(C[C@@]1(C)[C@H](C)CC[C@]2(C)[C@@H]1CCCC2(O)CO)OC(C)=O. The molecule has 2 saturated carbocycles. The van der Waals surface area contributed by atoms with Gasteiger partial charge in [0.25, 0.3) is 0 Å². The Kier molecular flexibility index (Phi) is 9.33. The van der Waals surface area contributed by atoms with Crippen molar-refractivity contribution in [3.63, 3.8) is 0 Å². The molecule has 0 radical (unpaired) electrons. The van der Waals surface area contributed by atoms with E-state index in [1.165, 1.54) is 20.8 Å². The monoisotopic (exact) mass is 482 g/mol. The Labute approximate surface area is 203 Å². The first-order valence-corrected chi connectivity index (χ1v) is 12.2. The van der Waals surface area contributed by atoms with Gasteiger partial charge in [0.2, 0.25) is 0 Å². The number of esters is 3. The summed E-state index contributed by atoms with van der Waals surface area (Å²) in [6, 6.07) is 0. The van der Waals surface area contributed by atoms with E-state index in [4.69, 9.17) is 14.2 Å². The first kappa shape index (κ1) is 28.3. The van der Waals surface area contributed by atoms with E-state index in [0.29, 0.717) is 18.4 Å². The Balaban J connectivity index is 2.45. The topological polar surface area (TPSA) is 119 Å². The van der Waals surface area contributed by atoms with E-state index >= 15 is 0 Å². The van der Waals surface area contributed by atoms with Crippen LogP contribution in [0.15, 0.2) is 11.6 Å². The largest absolute Gasteiger partial charge is 0.462 e. The zero-order chi connectivity index (χ0) is 25.7. The van der Waals surface area contributed by atoms with E-state index in [-0.39, 0.29) is 37.1 Å². The van der Waals surface area contributed by atoms with Crippen LogP contribution in [-0.4, -0.2) is 59.6 Å². The second kappa shape index (κ2) is 11.2. The summed E-state index contributed by atoms with van der Waals surface area (Å²) in [6.45, 7) is 10.00. The van der Waals surface area contributed by atoms with Gasteiger partial charge in [-0.1, -0.05) is 27.2 Å². The molecular formula is C26H42O8. The van der Waals surface area contributed by atoms with Gasteiger partial charge in [-0.2, -0.15) is 0 Å². The Hall–Kier alpha value is -1.93. The number of aliphatic hydroxyl groups is 2. The van der Waals surface area contributed by atoms with Crippen molar-refractivity contribution in [2.75, 3.05) is 19.8 Å². The number of rotatable bonds is 9. The van der Waals surface area contributed by atoms with E-state index in [2.05, 4.69) is 20.8 Å². The van der Waals surface area contributed by atoms with Crippen LogP contribution in [0.4, 0.5) is 0 Å². The quantitative estimate of drug-likeness (QED) is 0.292. The highest BCUT2D eigenvalue weighted by Gasteiger charge is 2.62. The smallest absolute Gasteiger partial charge is 0.303 e. The lowest BCUT2D eigenvalue weighted by Crippen LogP contribution is -2.63. The Morgan fingerprint density at radius 3 is 2.24 bits per heavy atom. The van der Waals surface area contributed by atoms with E-state index in [0.717, 1.165) is 25.7 Å². The molecule has 0 aromatic rings. The Morgan fingerprint density at radius 1 is 1.03 bits per heavy atom. The molecule has 2 N–H and O–H groups in total. The van der Waals surface area contributed by atoms with Crippen molar-refractivity contribution in [1.29, 1.82) is 0 Å². The second-order valence-electron chi connectivity index (χ2n) is 10.7. The fraction of sp³-hybridized carbons (Fsp3) is 0.808. The number of ether oxygens (including phenoxy) is 3. The third-order valence-electron chi connectivity index (χ3n) is 8.62. The normalized spacial score (nSPS) is 34.5. The van der Waals surface area contributed by atoms with Crippen LogP contribution in [0.25, 0.3) is 0 Å². The third-order valence-corrected chi connectivity index (χ3v) is 8.62. The maximum atomic E-state index is 12.1. The van der Waals surface area contributed by atoms with Crippen LogP contribution in [0.2, 0.25) is 0 Å². The summed E-state index contributed by atoms with van der Waals surface area (Å²) < 4.78 is 16.1. The predicted octanol–water partition coefficient (Wildman–Crippen LogP) is 3.33.